The first-order valence-electron chi connectivity index (χ1n) is 7.56. The molecule has 2 N–H and O–H groups in total. The standard InChI is InChI=1S/C16H23FN2O2/c1-3-8-18-10-12-9-13(17)4-7-15(12)21-11(2)16(20)19-14-5-6-14/h4,7,9,11,14,18H,3,5-6,8,10H2,1-2H3,(H,19,20). The van der Waals surface area contributed by atoms with Crippen LogP contribution >= 0.6 is 0 Å². The maximum Gasteiger partial charge on any atom is 0.260 e. The molecule has 0 bridgehead atoms. The van der Waals surface area contributed by atoms with Crippen molar-refractivity contribution in [3.05, 3.63) is 29.6 Å². The third-order valence-electron chi connectivity index (χ3n) is 3.36. The number of rotatable bonds is 8. The van der Waals surface area contributed by atoms with Gasteiger partial charge in [-0.05, 0) is 50.9 Å². The highest BCUT2D eigenvalue weighted by Gasteiger charge is 2.26. The molecule has 1 saturated carbocycles. The Morgan fingerprint density at radius 1 is 1.48 bits per heavy atom. The lowest BCUT2D eigenvalue weighted by Crippen LogP contribution is -2.37. The highest BCUT2D eigenvalue weighted by atomic mass is 19.1. The van der Waals surface area contributed by atoms with E-state index in [-0.39, 0.29) is 11.7 Å². The fourth-order valence-electron chi connectivity index (χ4n) is 1.99. The molecule has 0 heterocycles. The minimum Gasteiger partial charge on any atom is -0.481 e. The van der Waals surface area contributed by atoms with Gasteiger partial charge in [-0.2, -0.15) is 0 Å². The third kappa shape index (κ3) is 5.01. The summed E-state index contributed by atoms with van der Waals surface area (Å²) in [7, 11) is 0. The van der Waals surface area contributed by atoms with E-state index in [2.05, 4.69) is 17.6 Å². The van der Waals surface area contributed by atoms with E-state index in [1.807, 2.05) is 0 Å². The van der Waals surface area contributed by atoms with Crippen LogP contribution in [0.2, 0.25) is 0 Å². The Morgan fingerprint density at radius 3 is 2.90 bits per heavy atom. The molecule has 116 valence electrons. The molecule has 21 heavy (non-hydrogen) atoms. The number of hydrogen-bond acceptors (Lipinski definition) is 3. The lowest BCUT2D eigenvalue weighted by molar-refractivity contribution is -0.127. The largest absolute Gasteiger partial charge is 0.481 e. The predicted molar refractivity (Wildman–Crippen MR) is 79.7 cm³/mol. The van der Waals surface area contributed by atoms with Crippen molar-refractivity contribution in [2.75, 3.05) is 6.54 Å². The Balaban J connectivity index is 1.97. The SMILES string of the molecule is CCCNCc1cc(F)ccc1OC(C)C(=O)NC1CC1. The van der Waals surface area contributed by atoms with Crippen LogP contribution in [0.3, 0.4) is 0 Å². The number of carbonyl (C=O) groups is 1. The molecule has 1 fully saturated rings. The van der Waals surface area contributed by atoms with Gasteiger partial charge in [0.05, 0.1) is 0 Å². The second-order valence-corrected chi connectivity index (χ2v) is 5.47. The average molecular weight is 294 g/mol. The van der Waals surface area contributed by atoms with E-state index in [4.69, 9.17) is 4.74 Å². The summed E-state index contributed by atoms with van der Waals surface area (Å²) in [6.45, 7) is 5.16. The molecule has 1 aliphatic rings. The van der Waals surface area contributed by atoms with E-state index in [1.165, 1.54) is 12.1 Å². The third-order valence-corrected chi connectivity index (χ3v) is 3.36. The minimum atomic E-state index is -0.582. The molecule has 0 radical (unpaired) electrons. The quantitative estimate of drug-likeness (QED) is 0.724. The number of hydrogen-bond donors (Lipinski definition) is 2. The topological polar surface area (TPSA) is 50.4 Å². The van der Waals surface area contributed by atoms with Gasteiger partial charge in [-0.1, -0.05) is 6.92 Å². The van der Waals surface area contributed by atoms with Crippen molar-refractivity contribution in [1.29, 1.82) is 0 Å². The van der Waals surface area contributed by atoms with Crippen molar-refractivity contribution in [3.8, 4) is 5.75 Å². The summed E-state index contributed by atoms with van der Waals surface area (Å²) >= 11 is 0. The van der Waals surface area contributed by atoms with Gasteiger partial charge in [0.15, 0.2) is 6.10 Å². The maximum absolute atomic E-state index is 13.4. The Hall–Kier alpha value is -1.62. The molecule has 1 atom stereocenters. The normalized spacial score (nSPS) is 15.6. The summed E-state index contributed by atoms with van der Waals surface area (Å²) in [5, 5.41) is 6.12. The lowest BCUT2D eigenvalue weighted by Gasteiger charge is -2.17. The van der Waals surface area contributed by atoms with Gasteiger partial charge in [0.2, 0.25) is 0 Å². The lowest BCUT2D eigenvalue weighted by atomic mass is 10.2. The summed E-state index contributed by atoms with van der Waals surface area (Å²) in [6.07, 6.45) is 2.51. The van der Waals surface area contributed by atoms with Crippen molar-refractivity contribution < 1.29 is 13.9 Å². The second-order valence-electron chi connectivity index (χ2n) is 5.47. The molecule has 5 heteroatoms. The number of halogens is 1. The molecule has 1 aliphatic carbocycles. The first-order valence-corrected chi connectivity index (χ1v) is 7.56. The molecule has 1 amide bonds. The van der Waals surface area contributed by atoms with Crippen LogP contribution in [0.15, 0.2) is 18.2 Å². The highest BCUT2D eigenvalue weighted by Crippen LogP contribution is 2.22. The Kier molecular flexibility index (Phi) is 5.56. The smallest absolute Gasteiger partial charge is 0.260 e. The van der Waals surface area contributed by atoms with Crippen LogP contribution < -0.4 is 15.4 Å². The first kappa shape index (κ1) is 15.8. The number of nitrogens with one attached hydrogen (secondary N) is 2. The van der Waals surface area contributed by atoms with Crippen LogP contribution in [0.5, 0.6) is 5.75 Å². The Morgan fingerprint density at radius 2 is 2.24 bits per heavy atom. The summed E-state index contributed by atoms with van der Waals surface area (Å²) in [5.74, 6) is 0.137. The van der Waals surface area contributed by atoms with Crippen molar-refractivity contribution in [2.45, 2.75) is 51.8 Å². The minimum absolute atomic E-state index is 0.116. The molecule has 0 aromatic heterocycles. The second kappa shape index (κ2) is 7.41. The van der Waals surface area contributed by atoms with E-state index in [1.54, 1.807) is 13.0 Å². The Bertz CT molecular complexity index is 489. The molecule has 0 aliphatic heterocycles. The summed E-state index contributed by atoms with van der Waals surface area (Å²) < 4.78 is 19.1. The summed E-state index contributed by atoms with van der Waals surface area (Å²) in [4.78, 5) is 11.9. The molecule has 0 spiro atoms. The summed E-state index contributed by atoms with van der Waals surface area (Å²) in [6, 6.07) is 4.69. The van der Waals surface area contributed by atoms with Crippen LogP contribution in [0.4, 0.5) is 4.39 Å². The zero-order valence-electron chi connectivity index (χ0n) is 12.6. The van der Waals surface area contributed by atoms with Crippen LogP contribution in [-0.4, -0.2) is 24.6 Å². The van der Waals surface area contributed by atoms with E-state index in [0.717, 1.165) is 31.4 Å². The van der Waals surface area contributed by atoms with Gasteiger partial charge in [-0.25, -0.2) is 4.39 Å². The zero-order chi connectivity index (χ0) is 15.2. The van der Waals surface area contributed by atoms with Gasteiger partial charge in [-0.15, -0.1) is 0 Å². The van der Waals surface area contributed by atoms with E-state index in [9.17, 15) is 9.18 Å². The first-order chi connectivity index (χ1) is 10.1. The fraction of sp³-hybridized carbons (Fsp3) is 0.562. The zero-order valence-corrected chi connectivity index (χ0v) is 12.6. The van der Waals surface area contributed by atoms with Crippen LogP contribution in [-0.2, 0) is 11.3 Å². The number of benzene rings is 1. The number of amides is 1. The van der Waals surface area contributed by atoms with Crippen molar-refractivity contribution >= 4 is 5.91 Å². The molecular formula is C16H23FN2O2. The van der Waals surface area contributed by atoms with E-state index in [0.29, 0.717) is 18.3 Å². The van der Waals surface area contributed by atoms with Crippen molar-refractivity contribution in [2.24, 2.45) is 0 Å². The van der Waals surface area contributed by atoms with Gasteiger partial charge in [-0.3, -0.25) is 4.79 Å². The van der Waals surface area contributed by atoms with Gasteiger partial charge < -0.3 is 15.4 Å². The van der Waals surface area contributed by atoms with Gasteiger partial charge >= 0.3 is 0 Å². The van der Waals surface area contributed by atoms with E-state index < -0.39 is 6.10 Å². The maximum atomic E-state index is 13.4. The molecule has 1 aromatic carbocycles. The van der Waals surface area contributed by atoms with E-state index >= 15 is 0 Å². The number of ether oxygens (including phenoxy) is 1. The van der Waals surface area contributed by atoms with Gasteiger partial charge in [0.1, 0.15) is 11.6 Å². The predicted octanol–water partition coefficient (Wildman–Crippen LogP) is 2.37. The van der Waals surface area contributed by atoms with Crippen LogP contribution in [0.25, 0.3) is 0 Å². The Labute approximate surface area is 125 Å². The van der Waals surface area contributed by atoms with Crippen molar-refractivity contribution in [1.82, 2.24) is 10.6 Å². The fourth-order valence-corrected chi connectivity index (χ4v) is 1.99. The monoisotopic (exact) mass is 294 g/mol. The number of carbonyl (C=O) groups excluding carboxylic acids is 1. The highest BCUT2D eigenvalue weighted by molar-refractivity contribution is 5.81. The molecule has 4 nitrogen and oxygen atoms in total. The van der Waals surface area contributed by atoms with Crippen LogP contribution in [0, 0.1) is 5.82 Å². The molecule has 2 rings (SSSR count). The molecule has 1 unspecified atom stereocenters. The van der Waals surface area contributed by atoms with Gasteiger partial charge in [0.25, 0.3) is 5.91 Å². The average Bonchev–Trinajstić information content (AvgIpc) is 3.25. The molecule has 1 aromatic rings. The molecular weight excluding hydrogens is 271 g/mol. The summed E-state index contributed by atoms with van der Waals surface area (Å²) in [5.41, 5.74) is 0.731. The molecule has 0 saturated heterocycles. The van der Waals surface area contributed by atoms with Crippen molar-refractivity contribution in [3.63, 3.8) is 0 Å². The van der Waals surface area contributed by atoms with Gasteiger partial charge in [0, 0.05) is 18.2 Å². The van der Waals surface area contributed by atoms with Crippen LogP contribution in [0.1, 0.15) is 38.7 Å².